The summed E-state index contributed by atoms with van der Waals surface area (Å²) in [5.41, 5.74) is 0.919. The first-order chi connectivity index (χ1) is 9.75. The number of fused-ring (bicyclic) bond motifs is 1. The van der Waals surface area contributed by atoms with Gasteiger partial charge >= 0.3 is 0 Å². The second-order valence-corrected chi connectivity index (χ2v) is 5.41. The molecule has 1 saturated heterocycles. The molecule has 0 N–H and O–H groups in total. The molecule has 0 unspecified atom stereocenters. The van der Waals surface area contributed by atoms with E-state index in [1.807, 2.05) is 25.1 Å². The van der Waals surface area contributed by atoms with Crippen LogP contribution in [0.4, 0.5) is 0 Å². The van der Waals surface area contributed by atoms with Gasteiger partial charge in [0.2, 0.25) is 5.79 Å². The van der Waals surface area contributed by atoms with Gasteiger partial charge in [0.25, 0.3) is 0 Å². The molecule has 2 heterocycles. The zero-order valence-corrected chi connectivity index (χ0v) is 12.3. The molecule has 4 nitrogen and oxygen atoms in total. The van der Waals surface area contributed by atoms with Crippen LogP contribution in [0.5, 0.6) is 11.5 Å². The molecule has 0 spiro atoms. The number of rotatable bonds is 5. The first-order valence-corrected chi connectivity index (χ1v) is 7.59. The van der Waals surface area contributed by atoms with Crippen molar-refractivity contribution in [2.24, 2.45) is 0 Å². The van der Waals surface area contributed by atoms with Crippen molar-refractivity contribution >= 4 is 11.6 Å². The first-order valence-electron chi connectivity index (χ1n) is 7.06. The maximum absolute atomic E-state index is 5.92. The minimum Gasteiger partial charge on any atom is -0.486 e. The standard InChI is InChI=1S/C15H19ClO4/c1-11-19-15(20-11,7-2-3-8-16)12-5-4-6-13-14(12)18-10-9-17-13/h4-6,11H,2-3,7-10H2,1H3. The van der Waals surface area contributed by atoms with Crippen LogP contribution >= 0.6 is 11.6 Å². The second kappa shape index (κ2) is 5.80. The van der Waals surface area contributed by atoms with Crippen LogP contribution < -0.4 is 9.47 Å². The fourth-order valence-electron chi connectivity index (χ4n) is 2.75. The van der Waals surface area contributed by atoms with Crippen LogP contribution in [0.15, 0.2) is 18.2 Å². The van der Waals surface area contributed by atoms with Gasteiger partial charge < -0.3 is 18.9 Å². The first kappa shape index (κ1) is 14.0. The van der Waals surface area contributed by atoms with Crippen LogP contribution in [0.1, 0.15) is 31.7 Å². The van der Waals surface area contributed by atoms with Crippen molar-refractivity contribution in [1.82, 2.24) is 0 Å². The topological polar surface area (TPSA) is 36.9 Å². The molecule has 20 heavy (non-hydrogen) atoms. The highest BCUT2D eigenvalue weighted by atomic mass is 35.5. The van der Waals surface area contributed by atoms with Gasteiger partial charge in [0, 0.05) is 12.3 Å². The summed E-state index contributed by atoms with van der Waals surface area (Å²) in [6, 6.07) is 5.84. The lowest BCUT2D eigenvalue weighted by molar-refractivity contribution is -0.459. The van der Waals surface area contributed by atoms with Crippen LogP contribution in [-0.4, -0.2) is 25.4 Å². The van der Waals surface area contributed by atoms with Crippen LogP contribution in [-0.2, 0) is 15.3 Å². The number of hydrogen-bond donors (Lipinski definition) is 0. The van der Waals surface area contributed by atoms with Gasteiger partial charge in [0.1, 0.15) is 13.2 Å². The number of halogens is 1. The van der Waals surface area contributed by atoms with E-state index in [-0.39, 0.29) is 6.29 Å². The monoisotopic (exact) mass is 298 g/mol. The SMILES string of the molecule is CC1OC(CCCCCl)(c2cccc3c2OCCO3)O1. The highest BCUT2D eigenvalue weighted by Gasteiger charge is 2.48. The van der Waals surface area contributed by atoms with Crippen molar-refractivity contribution in [3.63, 3.8) is 0 Å². The molecular weight excluding hydrogens is 280 g/mol. The predicted octanol–water partition coefficient (Wildman–Crippen LogP) is 3.41. The van der Waals surface area contributed by atoms with Crippen LogP contribution in [0.25, 0.3) is 0 Å². The molecule has 2 aliphatic rings. The van der Waals surface area contributed by atoms with Gasteiger partial charge in [-0.25, -0.2) is 0 Å². The summed E-state index contributed by atoms with van der Waals surface area (Å²) in [6.07, 6.45) is 2.47. The predicted molar refractivity (Wildman–Crippen MR) is 75.3 cm³/mol. The van der Waals surface area contributed by atoms with Gasteiger partial charge in [-0.2, -0.15) is 0 Å². The summed E-state index contributed by atoms with van der Waals surface area (Å²) in [4.78, 5) is 0. The lowest BCUT2D eigenvalue weighted by Gasteiger charge is -2.47. The Morgan fingerprint density at radius 2 is 2.00 bits per heavy atom. The van der Waals surface area contributed by atoms with Gasteiger partial charge in [-0.1, -0.05) is 6.07 Å². The Balaban J connectivity index is 1.88. The summed E-state index contributed by atoms with van der Waals surface area (Å²) >= 11 is 5.76. The lowest BCUT2D eigenvalue weighted by Crippen LogP contribution is -2.50. The molecule has 3 rings (SSSR count). The quantitative estimate of drug-likeness (QED) is 0.616. The molecule has 0 aliphatic carbocycles. The van der Waals surface area contributed by atoms with Gasteiger partial charge in [-0.05, 0) is 31.9 Å². The molecule has 5 heteroatoms. The number of para-hydroxylation sites is 1. The van der Waals surface area contributed by atoms with Crippen molar-refractivity contribution in [3.05, 3.63) is 23.8 Å². The fraction of sp³-hybridized carbons (Fsp3) is 0.600. The molecule has 1 aromatic rings. The average molecular weight is 299 g/mol. The molecule has 0 radical (unpaired) electrons. The normalized spacial score (nSPS) is 28.0. The molecular formula is C15H19ClO4. The summed E-state index contributed by atoms with van der Waals surface area (Å²) in [6.45, 7) is 3.03. The molecule has 1 aromatic carbocycles. The van der Waals surface area contributed by atoms with Crippen molar-refractivity contribution in [2.45, 2.75) is 38.3 Å². The summed E-state index contributed by atoms with van der Waals surface area (Å²) in [7, 11) is 0. The van der Waals surface area contributed by atoms with Crippen molar-refractivity contribution in [2.75, 3.05) is 19.1 Å². The van der Waals surface area contributed by atoms with E-state index < -0.39 is 5.79 Å². The number of unbranched alkanes of at least 4 members (excludes halogenated alkanes) is 1. The third-order valence-corrected chi connectivity index (χ3v) is 3.85. The van der Waals surface area contributed by atoms with Crippen LogP contribution in [0.3, 0.4) is 0 Å². The fourth-order valence-corrected chi connectivity index (χ4v) is 2.94. The van der Waals surface area contributed by atoms with E-state index in [0.29, 0.717) is 19.1 Å². The number of ether oxygens (including phenoxy) is 4. The van der Waals surface area contributed by atoms with Gasteiger partial charge in [0.15, 0.2) is 17.8 Å². The third kappa shape index (κ3) is 2.48. The third-order valence-electron chi connectivity index (χ3n) is 3.58. The Labute approximate surface area is 123 Å². The van der Waals surface area contributed by atoms with Crippen molar-refractivity contribution in [3.8, 4) is 11.5 Å². The Morgan fingerprint density at radius 1 is 1.20 bits per heavy atom. The smallest absolute Gasteiger partial charge is 0.204 e. The molecule has 0 saturated carbocycles. The average Bonchev–Trinajstić information content (AvgIpc) is 2.45. The van der Waals surface area contributed by atoms with Gasteiger partial charge in [0.05, 0.1) is 5.56 Å². The van der Waals surface area contributed by atoms with Crippen LogP contribution in [0, 0.1) is 0 Å². The minimum absolute atomic E-state index is 0.189. The molecule has 1 fully saturated rings. The van der Waals surface area contributed by atoms with E-state index >= 15 is 0 Å². The van der Waals surface area contributed by atoms with E-state index in [1.54, 1.807) is 0 Å². The molecule has 0 aromatic heterocycles. The van der Waals surface area contributed by atoms with Crippen LogP contribution in [0.2, 0.25) is 0 Å². The van der Waals surface area contributed by atoms with E-state index in [4.69, 9.17) is 30.5 Å². The maximum Gasteiger partial charge on any atom is 0.204 e. The second-order valence-electron chi connectivity index (χ2n) is 5.03. The number of hydrogen-bond acceptors (Lipinski definition) is 4. The minimum atomic E-state index is -0.711. The Kier molecular flexibility index (Phi) is 4.06. The Hall–Kier alpha value is -0.970. The molecule has 0 amide bonds. The zero-order valence-electron chi connectivity index (χ0n) is 11.6. The molecule has 110 valence electrons. The highest BCUT2D eigenvalue weighted by molar-refractivity contribution is 6.17. The van der Waals surface area contributed by atoms with Crippen molar-refractivity contribution in [1.29, 1.82) is 0 Å². The van der Waals surface area contributed by atoms with Gasteiger partial charge in [-0.15, -0.1) is 11.6 Å². The number of alkyl halides is 1. The summed E-state index contributed by atoms with van der Waals surface area (Å²) < 4.78 is 23.2. The maximum atomic E-state index is 5.92. The van der Waals surface area contributed by atoms with Crippen molar-refractivity contribution < 1.29 is 18.9 Å². The molecule has 2 aliphatic heterocycles. The highest BCUT2D eigenvalue weighted by Crippen LogP contribution is 2.49. The lowest BCUT2D eigenvalue weighted by atomic mass is 9.96. The Bertz CT molecular complexity index is 471. The summed E-state index contributed by atoms with van der Waals surface area (Å²) in [5, 5.41) is 0. The molecule has 0 atom stereocenters. The zero-order chi connectivity index (χ0) is 14.0. The van der Waals surface area contributed by atoms with Gasteiger partial charge in [-0.3, -0.25) is 0 Å². The van der Waals surface area contributed by atoms with E-state index in [0.717, 1.165) is 36.3 Å². The van der Waals surface area contributed by atoms with E-state index in [1.165, 1.54) is 0 Å². The Morgan fingerprint density at radius 3 is 2.75 bits per heavy atom. The summed E-state index contributed by atoms with van der Waals surface area (Å²) in [5.74, 6) is 1.45. The van der Waals surface area contributed by atoms with E-state index in [9.17, 15) is 0 Å². The molecule has 0 bridgehead atoms. The van der Waals surface area contributed by atoms with E-state index in [2.05, 4.69) is 0 Å². The number of benzene rings is 1. The largest absolute Gasteiger partial charge is 0.486 e.